The van der Waals surface area contributed by atoms with E-state index in [4.69, 9.17) is 14.2 Å². The molecule has 0 radical (unpaired) electrons. The summed E-state index contributed by atoms with van der Waals surface area (Å²) in [6.45, 7) is 1.81. The van der Waals surface area contributed by atoms with E-state index in [0.717, 1.165) is 12.0 Å². The maximum atomic E-state index is 12.2. The molecule has 0 aromatic heterocycles. The summed E-state index contributed by atoms with van der Waals surface area (Å²) in [5, 5.41) is 2.70. The smallest absolute Gasteiger partial charge is 0.344 e. The topological polar surface area (TPSA) is 90.9 Å². The number of benzene rings is 2. The largest absolute Gasteiger partial charge is 0.490 e. The molecule has 0 spiro atoms. The number of ether oxygens (including phenoxy) is 3. The Morgan fingerprint density at radius 3 is 2.54 bits per heavy atom. The molecule has 1 heterocycles. The van der Waals surface area contributed by atoms with Gasteiger partial charge in [-0.1, -0.05) is 19.1 Å². The molecule has 7 nitrogen and oxygen atoms in total. The number of hydrogen-bond acceptors (Lipinski definition) is 6. The summed E-state index contributed by atoms with van der Waals surface area (Å²) in [6.07, 6.45) is 1.09. The minimum Gasteiger partial charge on any atom is -0.490 e. The second kappa shape index (κ2) is 9.03. The number of hydrogen-bond donors (Lipinski definition) is 1. The summed E-state index contributed by atoms with van der Waals surface area (Å²) in [4.78, 5) is 35.5. The zero-order valence-electron chi connectivity index (χ0n) is 15.5. The van der Waals surface area contributed by atoms with E-state index in [0.29, 0.717) is 29.4 Å². The molecule has 0 aliphatic carbocycles. The van der Waals surface area contributed by atoms with Crippen LogP contribution in [0, 0.1) is 0 Å². The lowest BCUT2D eigenvalue weighted by molar-refractivity contribution is -0.144. The molecule has 0 atom stereocenters. The van der Waals surface area contributed by atoms with Crippen LogP contribution in [0.25, 0.3) is 0 Å². The van der Waals surface area contributed by atoms with Crippen LogP contribution in [0.5, 0.6) is 11.5 Å². The highest BCUT2D eigenvalue weighted by Gasteiger charge is 2.19. The highest BCUT2D eigenvalue weighted by atomic mass is 16.6. The van der Waals surface area contributed by atoms with Crippen molar-refractivity contribution in [2.75, 3.05) is 25.1 Å². The quantitative estimate of drug-likeness (QED) is 0.529. The van der Waals surface area contributed by atoms with Gasteiger partial charge in [-0.2, -0.15) is 0 Å². The summed E-state index contributed by atoms with van der Waals surface area (Å²) >= 11 is 0. The zero-order chi connectivity index (χ0) is 19.9. The second-order valence-electron chi connectivity index (χ2n) is 6.26. The predicted molar refractivity (Wildman–Crippen MR) is 102 cm³/mol. The van der Waals surface area contributed by atoms with E-state index in [2.05, 4.69) is 5.32 Å². The van der Waals surface area contributed by atoms with E-state index in [-0.39, 0.29) is 24.7 Å². The molecule has 2 aromatic carbocycles. The second-order valence-corrected chi connectivity index (χ2v) is 6.26. The zero-order valence-corrected chi connectivity index (χ0v) is 15.5. The Hall–Kier alpha value is -3.35. The summed E-state index contributed by atoms with van der Waals surface area (Å²) in [5.74, 6) is -0.116. The normalized spacial score (nSPS) is 12.1. The highest BCUT2D eigenvalue weighted by molar-refractivity contribution is 6.02. The molecule has 146 valence electrons. The van der Waals surface area contributed by atoms with Crippen LogP contribution < -0.4 is 14.8 Å². The van der Waals surface area contributed by atoms with Crippen molar-refractivity contribution in [1.82, 2.24) is 0 Å². The van der Waals surface area contributed by atoms with Gasteiger partial charge in [-0.05, 0) is 42.3 Å². The number of fused-ring (bicyclic) bond motifs is 1. The van der Waals surface area contributed by atoms with Crippen molar-refractivity contribution in [3.05, 3.63) is 53.6 Å². The van der Waals surface area contributed by atoms with Crippen molar-refractivity contribution in [1.29, 1.82) is 0 Å². The van der Waals surface area contributed by atoms with Crippen LogP contribution in [-0.2, 0) is 20.7 Å². The van der Waals surface area contributed by atoms with Gasteiger partial charge in [0.15, 0.2) is 30.5 Å². The average molecular weight is 383 g/mol. The standard InChI is InChI=1S/C21H21NO6/c1-2-9-26-18-5-3-4-6-19(18)27-13-21(25)28-12-17(23)14-7-8-16-15(10-14)11-20(24)22-16/h3-8,10H,2,9,11-13H2,1H3,(H,22,24). The van der Waals surface area contributed by atoms with E-state index in [1.165, 1.54) is 0 Å². The molecule has 3 rings (SSSR count). The number of ketones is 1. The number of nitrogens with one attached hydrogen (secondary N) is 1. The molecule has 2 aromatic rings. The molecule has 7 heteroatoms. The van der Waals surface area contributed by atoms with Gasteiger partial charge in [-0.25, -0.2) is 4.79 Å². The van der Waals surface area contributed by atoms with E-state index in [1.807, 2.05) is 13.0 Å². The summed E-state index contributed by atoms with van der Waals surface area (Å²) in [7, 11) is 0. The molecule has 0 saturated carbocycles. The third-order valence-corrected chi connectivity index (χ3v) is 4.07. The first-order valence-corrected chi connectivity index (χ1v) is 9.03. The van der Waals surface area contributed by atoms with Crippen LogP contribution in [0.2, 0.25) is 0 Å². The van der Waals surface area contributed by atoms with Crippen LogP contribution in [0.3, 0.4) is 0 Å². The molecular weight excluding hydrogens is 362 g/mol. The minimum atomic E-state index is -0.656. The predicted octanol–water partition coefficient (Wildman–Crippen LogP) is 2.77. The molecule has 1 aliphatic rings. The van der Waals surface area contributed by atoms with Gasteiger partial charge in [-0.3, -0.25) is 9.59 Å². The number of carbonyl (C=O) groups excluding carboxylic acids is 3. The first-order chi connectivity index (χ1) is 13.6. The van der Waals surface area contributed by atoms with Gasteiger partial charge in [0.2, 0.25) is 5.91 Å². The SMILES string of the molecule is CCCOc1ccccc1OCC(=O)OCC(=O)c1ccc2c(c1)CC(=O)N2. The van der Waals surface area contributed by atoms with Crippen LogP contribution in [0.1, 0.15) is 29.3 Å². The van der Waals surface area contributed by atoms with Crippen LogP contribution in [0.15, 0.2) is 42.5 Å². The first-order valence-electron chi connectivity index (χ1n) is 9.03. The van der Waals surface area contributed by atoms with Gasteiger partial charge in [-0.15, -0.1) is 0 Å². The molecule has 0 unspecified atom stereocenters. The van der Waals surface area contributed by atoms with Crippen molar-refractivity contribution in [3.63, 3.8) is 0 Å². The molecule has 1 aliphatic heterocycles. The Kier molecular flexibility index (Phi) is 6.26. The number of rotatable bonds is 9. The van der Waals surface area contributed by atoms with Gasteiger partial charge in [0, 0.05) is 11.3 Å². The Morgan fingerprint density at radius 1 is 1.04 bits per heavy atom. The monoisotopic (exact) mass is 383 g/mol. The Bertz CT molecular complexity index is 892. The molecule has 1 amide bonds. The number of para-hydroxylation sites is 2. The lowest BCUT2D eigenvalue weighted by atomic mass is 10.1. The molecule has 0 saturated heterocycles. The fourth-order valence-electron chi connectivity index (χ4n) is 2.71. The fourth-order valence-corrected chi connectivity index (χ4v) is 2.71. The lowest BCUT2D eigenvalue weighted by Gasteiger charge is -2.11. The molecule has 0 fully saturated rings. The highest BCUT2D eigenvalue weighted by Crippen LogP contribution is 2.26. The minimum absolute atomic E-state index is 0.105. The third kappa shape index (κ3) is 4.88. The van der Waals surface area contributed by atoms with Gasteiger partial charge in [0.05, 0.1) is 13.0 Å². The number of anilines is 1. The van der Waals surface area contributed by atoms with Gasteiger partial charge < -0.3 is 19.5 Å². The Balaban J connectivity index is 1.49. The fraction of sp³-hybridized carbons (Fsp3) is 0.286. The molecular formula is C21H21NO6. The van der Waals surface area contributed by atoms with Gasteiger partial charge >= 0.3 is 5.97 Å². The van der Waals surface area contributed by atoms with E-state index in [1.54, 1.807) is 36.4 Å². The van der Waals surface area contributed by atoms with Crippen LogP contribution in [-0.4, -0.2) is 37.5 Å². The average Bonchev–Trinajstić information content (AvgIpc) is 3.08. The number of esters is 1. The van der Waals surface area contributed by atoms with Crippen molar-refractivity contribution in [2.45, 2.75) is 19.8 Å². The Labute approximate surface area is 162 Å². The lowest BCUT2D eigenvalue weighted by Crippen LogP contribution is -2.19. The molecule has 0 bridgehead atoms. The Morgan fingerprint density at radius 2 is 1.79 bits per heavy atom. The third-order valence-electron chi connectivity index (χ3n) is 4.07. The van der Waals surface area contributed by atoms with Crippen molar-refractivity contribution < 1.29 is 28.6 Å². The first kappa shape index (κ1) is 19.4. The summed E-state index contributed by atoms with van der Waals surface area (Å²) in [6, 6.07) is 12.0. The van der Waals surface area contributed by atoms with Crippen molar-refractivity contribution >= 4 is 23.3 Å². The van der Waals surface area contributed by atoms with Crippen LogP contribution >= 0.6 is 0 Å². The van der Waals surface area contributed by atoms with Crippen LogP contribution in [0.4, 0.5) is 5.69 Å². The number of amides is 1. The van der Waals surface area contributed by atoms with E-state index in [9.17, 15) is 14.4 Å². The number of Topliss-reactive ketones (excluding diaryl/α,β-unsaturated/α-hetero) is 1. The molecule has 1 N–H and O–H groups in total. The number of carbonyl (C=O) groups is 3. The van der Waals surface area contributed by atoms with E-state index < -0.39 is 12.6 Å². The maximum Gasteiger partial charge on any atom is 0.344 e. The van der Waals surface area contributed by atoms with E-state index >= 15 is 0 Å². The van der Waals surface area contributed by atoms with Gasteiger partial charge in [0.1, 0.15) is 0 Å². The summed E-state index contributed by atoms with van der Waals surface area (Å²) in [5.41, 5.74) is 1.85. The van der Waals surface area contributed by atoms with Crippen molar-refractivity contribution in [3.8, 4) is 11.5 Å². The summed E-state index contributed by atoms with van der Waals surface area (Å²) < 4.78 is 16.0. The molecule has 28 heavy (non-hydrogen) atoms. The van der Waals surface area contributed by atoms with Gasteiger partial charge in [0.25, 0.3) is 0 Å². The van der Waals surface area contributed by atoms with Crippen molar-refractivity contribution in [2.24, 2.45) is 0 Å². The maximum absolute atomic E-state index is 12.2.